The van der Waals surface area contributed by atoms with Crippen LogP contribution < -0.4 is 11.1 Å². The smallest absolute Gasteiger partial charge is 0.245 e. The molecule has 0 spiro atoms. The maximum absolute atomic E-state index is 11.0. The Bertz CT molecular complexity index is 153. The number of rotatable bonds is 8. The van der Waals surface area contributed by atoms with Crippen molar-refractivity contribution >= 4 is 5.91 Å². The van der Waals surface area contributed by atoms with Crippen molar-refractivity contribution in [3.63, 3.8) is 0 Å². The van der Waals surface area contributed by atoms with Gasteiger partial charge in [-0.15, -0.1) is 0 Å². The van der Waals surface area contributed by atoms with E-state index < -0.39 is 0 Å². The molecule has 0 saturated carbocycles. The van der Waals surface area contributed by atoms with E-state index in [0.29, 0.717) is 32.5 Å². The molecule has 0 heterocycles. The monoisotopic (exact) mass is 204 g/mol. The first-order chi connectivity index (χ1) is 6.70. The van der Waals surface area contributed by atoms with Gasteiger partial charge in [0.15, 0.2) is 0 Å². The summed E-state index contributed by atoms with van der Waals surface area (Å²) in [6.07, 6.45) is 0.957. The number of nitrogens with two attached hydrogens (primary N) is 1. The Kier molecular flexibility index (Phi) is 8.51. The molecule has 5 heteroatoms. The van der Waals surface area contributed by atoms with Crippen LogP contribution in [0.4, 0.5) is 0 Å². The quantitative estimate of drug-likeness (QED) is 0.454. The molecule has 14 heavy (non-hydrogen) atoms. The molecule has 4 N–H and O–H groups in total. The third-order valence-corrected chi connectivity index (χ3v) is 1.77. The molecule has 0 aliphatic carbocycles. The summed E-state index contributed by atoms with van der Waals surface area (Å²) in [6.45, 7) is 3.24. The van der Waals surface area contributed by atoms with Gasteiger partial charge in [0.1, 0.15) is 6.61 Å². The SMILES string of the molecule is CCC(O)CCNC(=O)COCCN. The van der Waals surface area contributed by atoms with Gasteiger partial charge in [-0.25, -0.2) is 0 Å². The van der Waals surface area contributed by atoms with Crippen LogP contribution in [-0.2, 0) is 9.53 Å². The fraction of sp³-hybridized carbons (Fsp3) is 0.889. The summed E-state index contributed by atoms with van der Waals surface area (Å²) in [5, 5.41) is 11.8. The number of aliphatic hydroxyl groups is 1. The number of hydrogen-bond acceptors (Lipinski definition) is 4. The molecule has 5 nitrogen and oxygen atoms in total. The van der Waals surface area contributed by atoms with Crippen LogP contribution in [0.25, 0.3) is 0 Å². The molecule has 0 aromatic carbocycles. The van der Waals surface area contributed by atoms with Gasteiger partial charge in [0.25, 0.3) is 0 Å². The molecule has 0 aliphatic heterocycles. The van der Waals surface area contributed by atoms with Crippen LogP contribution in [0.1, 0.15) is 19.8 Å². The van der Waals surface area contributed by atoms with Crippen molar-refractivity contribution in [3.05, 3.63) is 0 Å². The lowest BCUT2D eigenvalue weighted by atomic mass is 10.2. The van der Waals surface area contributed by atoms with Crippen molar-refractivity contribution < 1.29 is 14.6 Å². The minimum absolute atomic E-state index is 0.0411. The Labute approximate surface area is 84.6 Å². The number of aliphatic hydroxyl groups excluding tert-OH is 1. The molecular formula is C9H20N2O3. The summed E-state index contributed by atoms with van der Waals surface area (Å²) < 4.78 is 4.93. The average Bonchev–Trinajstić information content (AvgIpc) is 2.18. The third kappa shape index (κ3) is 7.97. The van der Waals surface area contributed by atoms with Crippen LogP contribution in [0.5, 0.6) is 0 Å². The highest BCUT2D eigenvalue weighted by atomic mass is 16.5. The second-order valence-corrected chi connectivity index (χ2v) is 3.04. The van der Waals surface area contributed by atoms with Crippen molar-refractivity contribution in [1.29, 1.82) is 0 Å². The lowest BCUT2D eigenvalue weighted by Gasteiger charge is -2.08. The van der Waals surface area contributed by atoms with Crippen LogP contribution in [0.3, 0.4) is 0 Å². The van der Waals surface area contributed by atoms with Gasteiger partial charge in [0.05, 0.1) is 12.7 Å². The van der Waals surface area contributed by atoms with Gasteiger partial charge in [-0.3, -0.25) is 4.79 Å². The van der Waals surface area contributed by atoms with Crippen molar-refractivity contribution in [2.75, 3.05) is 26.3 Å². The Morgan fingerprint density at radius 3 is 2.93 bits per heavy atom. The lowest BCUT2D eigenvalue weighted by molar-refractivity contribution is -0.125. The van der Waals surface area contributed by atoms with E-state index in [4.69, 9.17) is 10.5 Å². The third-order valence-electron chi connectivity index (χ3n) is 1.77. The molecule has 0 bridgehead atoms. The van der Waals surface area contributed by atoms with Gasteiger partial charge in [-0.05, 0) is 12.8 Å². The Morgan fingerprint density at radius 2 is 2.36 bits per heavy atom. The molecule has 0 aromatic heterocycles. The van der Waals surface area contributed by atoms with Crippen LogP contribution >= 0.6 is 0 Å². The summed E-state index contributed by atoms with van der Waals surface area (Å²) in [7, 11) is 0. The minimum atomic E-state index is -0.333. The highest BCUT2D eigenvalue weighted by Gasteiger charge is 2.03. The van der Waals surface area contributed by atoms with Crippen LogP contribution in [-0.4, -0.2) is 43.4 Å². The molecule has 0 aromatic rings. The maximum atomic E-state index is 11.0. The minimum Gasteiger partial charge on any atom is -0.393 e. The van der Waals surface area contributed by atoms with E-state index in [1.807, 2.05) is 6.92 Å². The van der Waals surface area contributed by atoms with Gasteiger partial charge >= 0.3 is 0 Å². The van der Waals surface area contributed by atoms with Gasteiger partial charge in [-0.1, -0.05) is 6.92 Å². The lowest BCUT2D eigenvalue weighted by Crippen LogP contribution is -2.30. The summed E-state index contributed by atoms with van der Waals surface area (Å²) in [4.78, 5) is 11.0. The molecule has 0 rings (SSSR count). The predicted octanol–water partition coefficient (Wildman–Crippen LogP) is -0.761. The fourth-order valence-corrected chi connectivity index (χ4v) is 0.882. The van der Waals surface area contributed by atoms with Gasteiger partial charge < -0.3 is 20.9 Å². The predicted molar refractivity (Wildman–Crippen MR) is 53.8 cm³/mol. The molecule has 0 aliphatic rings. The standard InChI is InChI=1S/C9H20N2O3/c1-2-8(12)3-5-11-9(13)7-14-6-4-10/h8,12H,2-7,10H2,1H3,(H,11,13). The number of amides is 1. The summed E-state index contributed by atoms with van der Waals surface area (Å²) in [5.74, 6) is -0.165. The van der Waals surface area contributed by atoms with E-state index >= 15 is 0 Å². The zero-order valence-corrected chi connectivity index (χ0v) is 8.66. The van der Waals surface area contributed by atoms with Crippen LogP contribution in [0.15, 0.2) is 0 Å². The molecule has 1 atom stereocenters. The number of hydrogen-bond donors (Lipinski definition) is 3. The van der Waals surface area contributed by atoms with E-state index in [1.165, 1.54) is 0 Å². The normalized spacial score (nSPS) is 12.5. The molecule has 1 unspecified atom stereocenters. The Balaban J connectivity index is 3.26. The Morgan fingerprint density at radius 1 is 1.64 bits per heavy atom. The van der Waals surface area contributed by atoms with Crippen LogP contribution in [0, 0.1) is 0 Å². The largest absolute Gasteiger partial charge is 0.393 e. The van der Waals surface area contributed by atoms with Gasteiger partial charge in [-0.2, -0.15) is 0 Å². The van der Waals surface area contributed by atoms with Crippen molar-refractivity contribution in [1.82, 2.24) is 5.32 Å². The van der Waals surface area contributed by atoms with Gasteiger partial charge in [0.2, 0.25) is 5.91 Å². The number of carbonyl (C=O) groups excluding carboxylic acids is 1. The van der Waals surface area contributed by atoms with E-state index in [2.05, 4.69) is 5.32 Å². The van der Waals surface area contributed by atoms with E-state index in [1.54, 1.807) is 0 Å². The summed E-state index contributed by atoms with van der Waals surface area (Å²) >= 11 is 0. The first kappa shape index (κ1) is 13.4. The summed E-state index contributed by atoms with van der Waals surface area (Å²) in [6, 6.07) is 0. The molecule has 84 valence electrons. The number of ether oxygens (including phenoxy) is 1. The van der Waals surface area contributed by atoms with Gasteiger partial charge in [0, 0.05) is 13.1 Å². The first-order valence-corrected chi connectivity index (χ1v) is 4.93. The average molecular weight is 204 g/mol. The highest BCUT2D eigenvalue weighted by Crippen LogP contribution is 1.93. The molecule has 1 amide bonds. The molecule has 0 saturated heterocycles. The van der Waals surface area contributed by atoms with Crippen molar-refractivity contribution in [2.24, 2.45) is 5.73 Å². The zero-order chi connectivity index (χ0) is 10.8. The second kappa shape index (κ2) is 8.93. The van der Waals surface area contributed by atoms with E-state index in [9.17, 15) is 9.90 Å². The number of nitrogens with one attached hydrogen (secondary N) is 1. The fourth-order valence-electron chi connectivity index (χ4n) is 0.882. The second-order valence-electron chi connectivity index (χ2n) is 3.04. The molecule has 0 radical (unpaired) electrons. The highest BCUT2D eigenvalue weighted by molar-refractivity contribution is 5.77. The van der Waals surface area contributed by atoms with Crippen molar-refractivity contribution in [2.45, 2.75) is 25.9 Å². The van der Waals surface area contributed by atoms with Crippen molar-refractivity contribution in [3.8, 4) is 0 Å². The maximum Gasteiger partial charge on any atom is 0.245 e. The summed E-state index contributed by atoms with van der Waals surface area (Å²) in [5.41, 5.74) is 5.18. The van der Waals surface area contributed by atoms with E-state index in [-0.39, 0.29) is 18.6 Å². The number of carbonyl (C=O) groups is 1. The zero-order valence-electron chi connectivity index (χ0n) is 8.66. The van der Waals surface area contributed by atoms with Crippen LogP contribution in [0.2, 0.25) is 0 Å². The topological polar surface area (TPSA) is 84.6 Å². The Hall–Kier alpha value is -0.650. The first-order valence-electron chi connectivity index (χ1n) is 4.93. The molecular weight excluding hydrogens is 184 g/mol. The van der Waals surface area contributed by atoms with E-state index in [0.717, 1.165) is 0 Å². The molecule has 0 fully saturated rings.